The molecular formula is C32H29N5O2S2. The molecule has 0 saturated carbocycles. The molecule has 206 valence electrons. The van der Waals surface area contributed by atoms with Crippen LogP contribution in [0.3, 0.4) is 0 Å². The molecule has 0 aliphatic carbocycles. The predicted octanol–water partition coefficient (Wildman–Crippen LogP) is 6.77. The molecule has 1 unspecified atom stereocenters. The third-order valence-electron chi connectivity index (χ3n) is 6.54. The van der Waals surface area contributed by atoms with Gasteiger partial charge in [-0.15, -0.1) is 11.8 Å². The van der Waals surface area contributed by atoms with Crippen LogP contribution in [0.1, 0.15) is 16.5 Å². The Hall–Kier alpha value is -4.60. The van der Waals surface area contributed by atoms with Crippen LogP contribution >= 0.6 is 24.0 Å². The molecule has 1 amide bonds. The molecule has 5 rings (SSSR count). The normalized spacial score (nSPS) is 11.5. The number of thioether (sulfide) groups is 1. The van der Waals surface area contributed by atoms with Crippen molar-refractivity contribution in [2.24, 2.45) is 7.05 Å². The molecule has 0 aliphatic rings. The highest BCUT2D eigenvalue weighted by Crippen LogP contribution is 2.37. The van der Waals surface area contributed by atoms with E-state index in [4.69, 9.17) is 12.2 Å². The van der Waals surface area contributed by atoms with Crippen molar-refractivity contribution < 1.29 is 4.79 Å². The lowest BCUT2D eigenvalue weighted by molar-refractivity contribution is -0.115. The second-order valence-electron chi connectivity index (χ2n) is 9.30. The molecule has 0 saturated heterocycles. The van der Waals surface area contributed by atoms with E-state index in [1.807, 2.05) is 122 Å². The fraction of sp³-hybridized carbons (Fsp3) is 0.0938. The van der Waals surface area contributed by atoms with Gasteiger partial charge in [-0.25, -0.2) is 4.68 Å². The minimum atomic E-state index is -0.583. The average molecular weight is 580 g/mol. The Morgan fingerprint density at radius 1 is 0.756 bits per heavy atom. The van der Waals surface area contributed by atoms with Crippen LogP contribution in [0.15, 0.2) is 125 Å². The SMILES string of the molecule is Cc1c(NC(=O)C(Sc2ccc(NC(=S)Nc3ccccc3)cc2)c2ccccc2)c(=O)n(-c2ccccc2)n1C. The highest BCUT2D eigenvalue weighted by molar-refractivity contribution is 8.00. The van der Waals surface area contributed by atoms with Crippen LogP contribution in [-0.2, 0) is 11.8 Å². The minimum absolute atomic E-state index is 0.266. The van der Waals surface area contributed by atoms with E-state index in [0.29, 0.717) is 10.8 Å². The fourth-order valence-corrected chi connectivity index (χ4v) is 5.63. The van der Waals surface area contributed by atoms with Gasteiger partial charge in [0.1, 0.15) is 10.9 Å². The first-order chi connectivity index (χ1) is 19.9. The number of nitrogens with zero attached hydrogens (tertiary/aromatic N) is 2. The number of thiocarbonyl (C=S) groups is 1. The van der Waals surface area contributed by atoms with Gasteiger partial charge in [0.2, 0.25) is 5.91 Å². The van der Waals surface area contributed by atoms with E-state index in [2.05, 4.69) is 16.0 Å². The minimum Gasteiger partial charge on any atom is -0.332 e. The first kappa shape index (κ1) is 27.9. The van der Waals surface area contributed by atoms with Crippen LogP contribution in [0, 0.1) is 6.92 Å². The van der Waals surface area contributed by atoms with Gasteiger partial charge >= 0.3 is 0 Å². The van der Waals surface area contributed by atoms with Gasteiger partial charge in [-0.1, -0.05) is 66.7 Å². The lowest BCUT2D eigenvalue weighted by Gasteiger charge is -2.17. The molecule has 1 heterocycles. The first-order valence-electron chi connectivity index (χ1n) is 13.0. The molecule has 5 aromatic rings. The summed E-state index contributed by atoms with van der Waals surface area (Å²) in [4.78, 5) is 28.0. The maximum atomic E-state index is 13.7. The third-order valence-corrected chi connectivity index (χ3v) is 8.01. The van der Waals surface area contributed by atoms with Crippen LogP contribution in [-0.4, -0.2) is 20.4 Å². The second kappa shape index (κ2) is 12.7. The smallest absolute Gasteiger partial charge is 0.295 e. The number of benzene rings is 4. The molecule has 0 radical (unpaired) electrons. The highest BCUT2D eigenvalue weighted by Gasteiger charge is 2.26. The molecule has 7 nitrogen and oxygen atoms in total. The fourth-order valence-electron chi connectivity index (χ4n) is 4.37. The van der Waals surface area contributed by atoms with E-state index < -0.39 is 5.25 Å². The summed E-state index contributed by atoms with van der Waals surface area (Å²) in [6, 6.07) is 36.3. The quantitative estimate of drug-likeness (QED) is 0.139. The van der Waals surface area contributed by atoms with Crippen molar-refractivity contribution in [1.29, 1.82) is 0 Å². The Kier molecular flexibility index (Phi) is 8.67. The molecule has 0 aliphatic heterocycles. The van der Waals surface area contributed by atoms with Gasteiger partial charge in [0.25, 0.3) is 5.56 Å². The lowest BCUT2D eigenvalue weighted by Crippen LogP contribution is -2.25. The lowest BCUT2D eigenvalue weighted by atomic mass is 10.1. The van der Waals surface area contributed by atoms with Gasteiger partial charge in [-0.2, -0.15) is 0 Å². The van der Waals surface area contributed by atoms with E-state index in [0.717, 1.165) is 27.5 Å². The van der Waals surface area contributed by atoms with E-state index in [1.54, 1.807) is 16.4 Å². The zero-order valence-electron chi connectivity index (χ0n) is 22.6. The van der Waals surface area contributed by atoms with Crippen LogP contribution in [0.25, 0.3) is 5.69 Å². The van der Waals surface area contributed by atoms with Crippen molar-refractivity contribution in [3.05, 3.63) is 137 Å². The number of nitrogens with one attached hydrogen (secondary N) is 3. The van der Waals surface area contributed by atoms with Crippen LogP contribution < -0.4 is 21.5 Å². The number of para-hydroxylation sites is 2. The molecule has 41 heavy (non-hydrogen) atoms. The summed E-state index contributed by atoms with van der Waals surface area (Å²) in [5.74, 6) is -0.275. The van der Waals surface area contributed by atoms with Crippen molar-refractivity contribution in [2.75, 3.05) is 16.0 Å². The molecule has 4 aromatic carbocycles. The topological polar surface area (TPSA) is 80.1 Å². The van der Waals surface area contributed by atoms with E-state index in [1.165, 1.54) is 11.8 Å². The monoisotopic (exact) mass is 579 g/mol. The van der Waals surface area contributed by atoms with E-state index in [9.17, 15) is 9.59 Å². The number of rotatable bonds is 8. The summed E-state index contributed by atoms with van der Waals surface area (Å²) in [5.41, 5.74) is 3.94. The van der Waals surface area contributed by atoms with Gasteiger partial charge in [0.05, 0.1) is 11.4 Å². The number of carbonyl (C=O) groups excluding carboxylic acids is 1. The Balaban J connectivity index is 1.34. The average Bonchev–Trinajstić information content (AvgIpc) is 3.20. The summed E-state index contributed by atoms with van der Waals surface area (Å²) in [7, 11) is 1.81. The zero-order valence-corrected chi connectivity index (χ0v) is 24.2. The van der Waals surface area contributed by atoms with Gasteiger partial charge in [0.15, 0.2) is 5.11 Å². The van der Waals surface area contributed by atoms with Crippen molar-refractivity contribution in [2.45, 2.75) is 17.1 Å². The van der Waals surface area contributed by atoms with Gasteiger partial charge in [-0.3, -0.25) is 14.3 Å². The van der Waals surface area contributed by atoms with E-state index >= 15 is 0 Å². The summed E-state index contributed by atoms with van der Waals surface area (Å²) in [5, 5.41) is 9.18. The first-order valence-corrected chi connectivity index (χ1v) is 14.3. The predicted molar refractivity (Wildman–Crippen MR) is 172 cm³/mol. The number of amides is 1. The number of anilines is 3. The summed E-state index contributed by atoms with van der Waals surface area (Å²) >= 11 is 6.85. The molecule has 1 aromatic heterocycles. The molecule has 1 atom stereocenters. The highest BCUT2D eigenvalue weighted by atomic mass is 32.2. The maximum absolute atomic E-state index is 13.7. The number of carbonyl (C=O) groups is 1. The maximum Gasteiger partial charge on any atom is 0.295 e. The molecule has 9 heteroatoms. The third kappa shape index (κ3) is 6.59. The van der Waals surface area contributed by atoms with Crippen LogP contribution in [0.5, 0.6) is 0 Å². The van der Waals surface area contributed by atoms with Gasteiger partial charge < -0.3 is 16.0 Å². The van der Waals surface area contributed by atoms with Gasteiger partial charge in [-0.05, 0) is 73.2 Å². The second-order valence-corrected chi connectivity index (χ2v) is 10.9. The molecule has 0 fully saturated rings. The summed E-state index contributed by atoms with van der Waals surface area (Å²) in [6.45, 7) is 1.82. The number of aromatic nitrogens is 2. The zero-order chi connectivity index (χ0) is 28.8. The van der Waals surface area contributed by atoms with Crippen LogP contribution in [0.2, 0.25) is 0 Å². The van der Waals surface area contributed by atoms with E-state index in [-0.39, 0.29) is 17.2 Å². The standard InChI is InChI=1S/C32H29N5O2S2/c1-22-28(31(39)37(36(22)2)26-16-10-5-11-17-26)35-30(38)29(23-12-6-3-7-13-23)41-27-20-18-25(19-21-27)34-32(40)33-24-14-8-4-9-15-24/h3-21,29H,1-2H3,(H,35,38)(H2,33,34,40). The Bertz CT molecular complexity index is 1700. The van der Waals surface area contributed by atoms with Crippen molar-refractivity contribution in [3.8, 4) is 5.69 Å². The number of hydrogen-bond donors (Lipinski definition) is 3. The molecular weight excluding hydrogens is 551 g/mol. The summed E-state index contributed by atoms with van der Waals surface area (Å²) in [6.07, 6.45) is 0. The summed E-state index contributed by atoms with van der Waals surface area (Å²) < 4.78 is 3.30. The largest absolute Gasteiger partial charge is 0.332 e. The molecule has 0 spiro atoms. The van der Waals surface area contributed by atoms with Crippen LogP contribution in [0.4, 0.5) is 17.1 Å². The number of hydrogen-bond acceptors (Lipinski definition) is 4. The van der Waals surface area contributed by atoms with Crippen molar-refractivity contribution >= 4 is 52.1 Å². The van der Waals surface area contributed by atoms with Gasteiger partial charge in [0, 0.05) is 23.3 Å². The molecule has 3 N–H and O–H groups in total. The Morgan fingerprint density at radius 2 is 1.29 bits per heavy atom. The Labute approximate surface area is 248 Å². The van der Waals surface area contributed by atoms with Crippen molar-refractivity contribution in [1.82, 2.24) is 9.36 Å². The Morgan fingerprint density at radius 3 is 1.90 bits per heavy atom. The molecule has 0 bridgehead atoms. The van der Waals surface area contributed by atoms with Crippen molar-refractivity contribution in [3.63, 3.8) is 0 Å².